The molecule has 0 saturated carbocycles. The van der Waals surface area contributed by atoms with Gasteiger partial charge >= 0.3 is 0 Å². The lowest BCUT2D eigenvalue weighted by Gasteiger charge is -2.18. The third-order valence-corrected chi connectivity index (χ3v) is 3.50. The Kier molecular flexibility index (Phi) is 6.50. The smallest absolute Gasteiger partial charge is 0.168 e. The quantitative estimate of drug-likeness (QED) is 0.772. The van der Waals surface area contributed by atoms with Crippen molar-refractivity contribution < 1.29 is 0 Å². The van der Waals surface area contributed by atoms with Crippen LogP contribution in [0.4, 0.5) is 0 Å². The summed E-state index contributed by atoms with van der Waals surface area (Å²) in [6.07, 6.45) is 4.29. The lowest BCUT2D eigenvalue weighted by Crippen LogP contribution is -2.25. The van der Waals surface area contributed by atoms with Crippen LogP contribution in [0, 0.1) is 0 Å². The van der Waals surface area contributed by atoms with E-state index in [0.29, 0.717) is 6.04 Å². The summed E-state index contributed by atoms with van der Waals surface area (Å²) in [5.41, 5.74) is 0. The summed E-state index contributed by atoms with van der Waals surface area (Å²) < 4.78 is 1.98. The van der Waals surface area contributed by atoms with E-state index in [1.807, 2.05) is 16.4 Å². The summed E-state index contributed by atoms with van der Waals surface area (Å²) in [4.78, 5) is 0. The third kappa shape index (κ3) is 3.96. The molecule has 2 atom stereocenters. The molecule has 0 bridgehead atoms. The largest absolute Gasteiger partial charge is 0.307 e. The molecule has 0 radical (unpaired) electrons. The predicted octanol–water partition coefficient (Wildman–Crippen LogP) is 2.05. The van der Waals surface area contributed by atoms with Crippen molar-refractivity contribution in [1.29, 1.82) is 0 Å². The minimum atomic E-state index is 0.209. The van der Waals surface area contributed by atoms with Gasteiger partial charge in [0.25, 0.3) is 0 Å². The zero-order chi connectivity index (χ0) is 12.7. The molecule has 1 heterocycles. The van der Waals surface area contributed by atoms with Crippen molar-refractivity contribution in [3.63, 3.8) is 0 Å². The molecule has 0 aliphatic heterocycles. The Hall–Kier alpha value is -0.620. The van der Waals surface area contributed by atoms with E-state index >= 15 is 0 Å². The number of thioether (sulfide) groups is 1. The molecule has 0 spiro atoms. The highest BCUT2D eigenvalue weighted by Crippen LogP contribution is 2.19. The highest BCUT2D eigenvalue weighted by Gasteiger charge is 2.19. The molecule has 98 valence electrons. The van der Waals surface area contributed by atoms with Crippen LogP contribution in [0.25, 0.3) is 0 Å². The lowest BCUT2D eigenvalue weighted by molar-refractivity contribution is 0.423. The molecule has 1 rings (SSSR count). The van der Waals surface area contributed by atoms with Gasteiger partial charge in [-0.05, 0) is 43.0 Å². The van der Waals surface area contributed by atoms with Gasteiger partial charge in [-0.15, -0.1) is 5.10 Å². The number of hydrogen-bond donors (Lipinski definition) is 1. The Morgan fingerprint density at radius 2 is 2.18 bits per heavy atom. The van der Waals surface area contributed by atoms with E-state index in [9.17, 15) is 0 Å². The van der Waals surface area contributed by atoms with Gasteiger partial charge < -0.3 is 5.32 Å². The van der Waals surface area contributed by atoms with Gasteiger partial charge in [-0.3, -0.25) is 0 Å². The maximum atomic E-state index is 4.15. The summed E-state index contributed by atoms with van der Waals surface area (Å²) in [7, 11) is 0. The zero-order valence-electron chi connectivity index (χ0n) is 11.2. The Labute approximate surface area is 108 Å². The maximum absolute atomic E-state index is 4.15. The fourth-order valence-electron chi connectivity index (χ4n) is 1.75. The summed E-state index contributed by atoms with van der Waals surface area (Å²) in [6.45, 7) is 7.44. The van der Waals surface area contributed by atoms with E-state index in [2.05, 4.69) is 47.9 Å². The van der Waals surface area contributed by atoms with Crippen LogP contribution < -0.4 is 5.32 Å². The van der Waals surface area contributed by atoms with Crippen LogP contribution in [-0.2, 0) is 0 Å². The number of nitrogens with one attached hydrogen (secondary N) is 1. The van der Waals surface area contributed by atoms with Crippen LogP contribution in [0.3, 0.4) is 0 Å². The SMILES string of the molecule is CCCNC(C)c1nnnn1C(CC)CSC. The highest BCUT2D eigenvalue weighted by molar-refractivity contribution is 7.98. The molecule has 17 heavy (non-hydrogen) atoms. The van der Waals surface area contributed by atoms with Crippen LogP contribution in [0.5, 0.6) is 0 Å². The van der Waals surface area contributed by atoms with Crippen molar-refractivity contribution in [2.75, 3.05) is 18.6 Å². The minimum absolute atomic E-state index is 0.209. The van der Waals surface area contributed by atoms with Gasteiger partial charge in [0, 0.05) is 5.75 Å². The van der Waals surface area contributed by atoms with Crippen LogP contribution in [0.2, 0.25) is 0 Å². The first-order valence-electron chi connectivity index (χ1n) is 6.24. The fourth-order valence-corrected chi connectivity index (χ4v) is 2.51. The second-order valence-electron chi connectivity index (χ2n) is 4.17. The monoisotopic (exact) mass is 257 g/mol. The molecule has 1 aromatic rings. The molecule has 0 saturated heterocycles. The molecule has 5 nitrogen and oxygen atoms in total. The minimum Gasteiger partial charge on any atom is -0.307 e. The molecule has 0 amide bonds. The topological polar surface area (TPSA) is 55.6 Å². The number of aromatic nitrogens is 4. The van der Waals surface area contributed by atoms with Crippen LogP contribution >= 0.6 is 11.8 Å². The van der Waals surface area contributed by atoms with Crippen molar-refractivity contribution in [2.24, 2.45) is 0 Å². The van der Waals surface area contributed by atoms with E-state index in [4.69, 9.17) is 0 Å². The first kappa shape index (κ1) is 14.4. The molecule has 0 aromatic carbocycles. The zero-order valence-corrected chi connectivity index (χ0v) is 12.0. The molecule has 2 unspecified atom stereocenters. The fraction of sp³-hybridized carbons (Fsp3) is 0.909. The van der Waals surface area contributed by atoms with Gasteiger partial charge in [-0.2, -0.15) is 11.8 Å². The lowest BCUT2D eigenvalue weighted by atomic mass is 10.2. The summed E-state index contributed by atoms with van der Waals surface area (Å²) in [5, 5.41) is 15.5. The standard InChI is InChI=1S/C11H23N5S/c1-5-7-12-9(3)11-13-14-15-16(11)10(6-2)8-17-4/h9-10,12H,5-8H2,1-4H3. The third-order valence-electron chi connectivity index (χ3n) is 2.78. The van der Waals surface area contributed by atoms with E-state index in [-0.39, 0.29) is 6.04 Å². The van der Waals surface area contributed by atoms with Gasteiger partial charge in [0.15, 0.2) is 5.82 Å². The molecule has 6 heteroatoms. The molecular formula is C11H23N5S. The second-order valence-corrected chi connectivity index (χ2v) is 5.09. The van der Waals surface area contributed by atoms with E-state index in [0.717, 1.165) is 31.0 Å². The van der Waals surface area contributed by atoms with Gasteiger partial charge in [-0.1, -0.05) is 13.8 Å². The first-order valence-corrected chi connectivity index (χ1v) is 7.64. The molecule has 0 aliphatic carbocycles. The highest BCUT2D eigenvalue weighted by atomic mass is 32.2. The van der Waals surface area contributed by atoms with Crippen LogP contribution in [-0.4, -0.2) is 38.8 Å². The Morgan fingerprint density at radius 3 is 2.76 bits per heavy atom. The molecular weight excluding hydrogens is 234 g/mol. The molecule has 0 fully saturated rings. The van der Waals surface area contributed by atoms with Gasteiger partial charge in [0.2, 0.25) is 0 Å². The molecule has 1 aromatic heterocycles. The van der Waals surface area contributed by atoms with Crippen LogP contribution in [0.1, 0.15) is 51.5 Å². The molecule has 1 N–H and O–H groups in total. The number of nitrogens with zero attached hydrogens (tertiary/aromatic N) is 4. The Balaban J connectivity index is 2.75. The van der Waals surface area contributed by atoms with Gasteiger partial charge in [0.1, 0.15) is 0 Å². The summed E-state index contributed by atoms with van der Waals surface area (Å²) in [6, 6.07) is 0.599. The first-order chi connectivity index (χ1) is 8.24. The Bertz CT molecular complexity index is 315. The Morgan fingerprint density at radius 1 is 1.41 bits per heavy atom. The van der Waals surface area contributed by atoms with Crippen molar-refractivity contribution in [3.8, 4) is 0 Å². The van der Waals surface area contributed by atoms with Crippen molar-refractivity contribution in [1.82, 2.24) is 25.5 Å². The molecule has 0 aliphatic rings. The average molecular weight is 257 g/mol. The normalized spacial score (nSPS) is 14.8. The second kappa shape index (κ2) is 7.66. The van der Waals surface area contributed by atoms with Crippen molar-refractivity contribution >= 4 is 11.8 Å². The maximum Gasteiger partial charge on any atom is 0.168 e. The van der Waals surface area contributed by atoms with E-state index < -0.39 is 0 Å². The van der Waals surface area contributed by atoms with E-state index in [1.165, 1.54) is 0 Å². The predicted molar refractivity (Wildman–Crippen MR) is 72.2 cm³/mol. The average Bonchev–Trinajstić information content (AvgIpc) is 2.82. The number of hydrogen-bond acceptors (Lipinski definition) is 5. The van der Waals surface area contributed by atoms with E-state index in [1.54, 1.807) is 0 Å². The summed E-state index contributed by atoms with van der Waals surface area (Å²) in [5.74, 6) is 1.99. The van der Waals surface area contributed by atoms with Gasteiger partial charge in [0.05, 0.1) is 12.1 Å². The number of tetrazole rings is 1. The number of rotatable bonds is 8. The van der Waals surface area contributed by atoms with Crippen molar-refractivity contribution in [2.45, 2.75) is 45.7 Å². The van der Waals surface area contributed by atoms with Crippen LogP contribution in [0.15, 0.2) is 0 Å². The van der Waals surface area contributed by atoms with Crippen molar-refractivity contribution in [3.05, 3.63) is 5.82 Å². The van der Waals surface area contributed by atoms with Gasteiger partial charge in [-0.25, -0.2) is 4.68 Å². The summed E-state index contributed by atoms with van der Waals surface area (Å²) >= 11 is 1.83.